The molecule has 0 atom stereocenters. The maximum atomic E-state index is 13.5. The van der Waals surface area contributed by atoms with Crippen LogP contribution in [0.3, 0.4) is 0 Å². The van der Waals surface area contributed by atoms with Gasteiger partial charge in [0.25, 0.3) is 0 Å². The number of thiazole rings is 1. The van der Waals surface area contributed by atoms with Gasteiger partial charge in [-0.2, -0.15) is 0 Å². The quantitative estimate of drug-likeness (QED) is 0.495. The molecule has 33 heavy (non-hydrogen) atoms. The zero-order valence-electron chi connectivity index (χ0n) is 18.5. The molecule has 0 spiro atoms. The number of nitrogens with zero attached hydrogens (tertiary/aromatic N) is 3. The molecule has 3 aromatic rings. The van der Waals surface area contributed by atoms with Gasteiger partial charge in [-0.3, -0.25) is 14.6 Å². The van der Waals surface area contributed by atoms with Gasteiger partial charge < -0.3 is 14.2 Å². The lowest BCUT2D eigenvalue weighted by Gasteiger charge is -2.27. The number of halogens is 1. The lowest BCUT2D eigenvalue weighted by atomic mass is 10.1. The average molecular weight is 488 g/mol. The van der Waals surface area contributed by atoms with Crippen LogP contribution in [0, 0.1) is 6.92 Å². The molecule has 0 N–H and O–H groups in total. The zero-order valence-corrected chi connectivity index (χ0v) is 20.1. The smallest absolute Gasteiger partial charge is 0.233 e. The normalized spacial score (nSPS) is 15.8. The van der Waals surface area contributed by atoms with Crippen molar-refractivity contribution in [2.75, 3.05) is 51.1 Å². The number of anilines is 1. The van der Waals surface area contributed by atoms with Gasteiger partial charge in [0.2, 0.25) is 12.7 Å². The topological polar surface area (TPSA) is 64.1 Å². The first-order valence-electron chi connectivity index (χ1n) is 11.1. The molecule has 0 bridgehead atoms. The van der Waals surface area contributed by atoms with Crippen molar-refractivity contribution >= 4 is 44.2 Å². The van der Waals surface area contributed by atoms with Crippen molar-refractivity contribution < 1.29 is 19.0 Å². The first-order valence-corrected chi connectivity index (χ1v) is 12.3. The van der Waals surface area contributed by atoms with E-state index in [2.05, 4.69) is 4.90 Å². The Morgan fingerprint density at radius 1 is 1.18 bits per heavy atom. The van der Waals surface area contributed by atoms with Gasteiger partial charge in [-0.25, -0.2) is 4.98 Å². The molecular weight excluding hydrogens is 462 g/mol. The molecule has 0 aliphatic carbocycles. The van der Waals surface area contributed by atoms with E-state index in [9.17, 15) is 4.79 Å². The van der Waals surface area contributed by atoms with E-state index in [-0.39, 0.29) is 19.1 Å². The van der Waals surface area contributed by atoms with Crippen LogP contribution in [0.5, 0.6) is 11.5 Å². The van der Waals surface area contributed by atoms with Crippen molar-refractivity contribution in [1.82, 2.24) is 9.88 Å². The maximum absolute atomic E-state index is 13.5. The molecule has 2 aliphatic heterocycles. The van der Waals surface area contributed by atoms with Crippen LogP contribution in [0.25, 0.3) is 10.2 Å². The van der Waals surface area contributed by atoms with Gasteiger partial charge in [0.05, 0.1) is 34.9 Å². The molecule has 7 nitrogen and oxygen atoms in total. The summed E-state index contributed by atoms with van der Waals surface area (Å²) in [5, 5.41) is 1.35. The highest BCUT2D eigenvalue weighted by molar-refractivity contribution is 7.23. The van der Waals surface area contributed by atoms with E-state index in [4.69, 9.17) is 30.8 Å². The summed E-state index contributed by atoms with van der Waals surface area (Å²) in [6.45, 7) is 7.14. The molecule has 1 fully saturated rings. The lowest BCUT2D eigenvalue weighted by molar-refractivity contribution is -0.118. The summed E-state index contributed by atoms with van der Waals surface area (Å²) >= 11 is 7.91. The fourth-order valence-corrected chi connectivity index (χ4v) is 5.49. The number of rotatable bonds is 7. The number of amides is 1. The average Bonchev–Trinajstić information content (AvgIpc) is 3.47. The van der Waals surface area contributed by atoms with Gasteiger partial charge in [0, 0.05) is 26.2 Å². The van der Waals surface area contributed by atoms with E-state index in [1.165, 1.54) is 11.3 Å². The van der Waals surface area contributed by atoms with E-state index in [0.29, 0.717) is 28.2 Å². The van der Waals surface area contributed by atoms with Gasteiger partial charge in [0.15, 0.2) is 16.6 Å². The van der Waals surface area contributed by atoms with Gasteiger partial charge >= 0.3 is 0 Å². The number of carbonyl (C=O) groups is 1. The minimum absolute atomic E-state index is 0.00340. The Morgan fingerprint density at radius 2 is 2.00 bits per heavy atom. The minimum atomic E-state index is 0.00340. The molecule has 0 radical (unpaired) electrons. The number of aryl methyl sites for hydroxylation is 1. The first kappa shape index (κ1) is 22.4. The van der Waals surface area contributed by atoms with Crippen LogP contribution < -0.4 is 14.4 Å². The summed E-state index contributed by atoms with van der Waals surface area (Å²) < 4.78 is 17.2. The Labute approximate surface area is 201 Å². The molecule has 9 heteroatoms. The fourth-order valence-electron chi connectivity index (χ4n) is 4.13. The van der Waals surface area contributed by atoms with Crippen LogP contribution >= 0.6 is 22.9 Å². The molecule has 2 aliphatic rings. The molecule has 2 aromatic carbocycles. The van der Waals surface area contributed by atoms with Gasteiger partial charge in [0.1, 0.15) is 0 Å². The van der Waals surface area contributed by atoms with E-state index >= 15 is 0 Å². The zero-order chi connectivity index (χ0) is 22.8. The maximum Gasteiger partial charge on any atom is 0.233 e. The van der Waals surface area contributed by atoms with Crippen LogP contribution in [-0.2, 0) is 16.0 Å². The minimum Gasteiger partial charge on any atom is -0.454 e. The number of morpholine rings is 1. The fraction of sp³-hybridized carbons (Fsp3) is 0.417. The third-order valence-electron chi connectivity index (χ3n) is 5.97. The number of hydrogen-bond acceptors (Lipinski definition) is 7. The second kappa shape index (κ2) is 9.85. The Hall–Kier alpha value is -2.39. The molecule has 1 aromatic heterocycles. The summed E-state index contributed by atoms with van der Waals surface area (Å²) in [4.78, 5) is 22.5. The van der Waals surface area contributed by atoms with E-state index in [0.717, 1.165) is 60.6 Å². The van der Waals surface area contributed by atoms with Crippen molar-refractivity contribution in [3.63, 3.8) is 0 Å². The predicted molar refractivity (Wildman–Crippen MR) is 130 cm³/mol. The van der Waals surface area contributed by atoms with Crippen LogP contribution in [0.15, 0.2) is 30.3 Å². The van der Waals surface area contributed by atoms with Crippen LogP contribution in [-0.4, -0.2) is 62.0 Å². The van der Waals surface area contributed by atoms with Crippen LogP contribution in [0.2, 0.25) is 5.02 Å². The molecular formula is C24H26ClN3O4S. The summed E-state index contributed by atoms with van der Waals surface area (Å²) in [5.74, 6) is 1.40. The Bertz CT molecular complexity index is 1120. The highest BCUT2D eigenvalue weighted by Crippen LogP contribution is 2.36. The highest BCUT2D eigenvalue weighted by atomic mass is 35.5. The van der Waals surface area contributed by atoms with E-state index < -0.39 is 0 Å². The number of fused-ring (bicyclic) bond motifs is 2. The number of ether oxygens (including phenoxy) is 3. The summed E-state index contributed by atoms with van der Waals surface area (Å²) in [6.07, 6.45) is 1.12. The van der Waals surface area contributed by atoms with Crippen molar-refractivity contribution in [3.8, 4) is 11.5 Å². The molecule has 1 amide bonds. The molecule has 3 heterocycles. The number of benzene rings is 2. The van der Waals surface area contributed by atoms with Crippen LogP contribution in [0.4, 0.5) is 5.13 Å². The monoisotopic (exact) mass is 487 g/mol. The Balaban J connectivity index is 1.37. The molecule has 0 unspecified atom stereocenters. The standard InChI is InChI=1S/C24H26ClN3O4S/c1-16-3-5-18(25)23-22(16)26-24(33-23)28(8-2-7-27-9-11-30-12-10-27)21(29)14-17-4-6-19-20(13-17)32-15-31-19/h3-6,13H,2,7-12,14-15H2,1H3. The van der Waals surface area contributed by atoms with E-state index in [1.807, 2.05) is 42.2 Å². The Morgan fingerprint density at radius 3 is 2.82 bits per heavy atom. The Kier molecular flexibility index (Phi) is 6.69. The number of hydrogen-bond donors (Lipinski definition) is 0. The highest BCUT2D eigenvalue weighted by Gasteiger charge is 2.23. The van der Waals surface area contributed by atoms with Gasteiger partial charge in [-0.1, -0.05) is 35.1 Å². The lowest BCUT2D eigenvalue weighted by Crippen LogP contribution is -2.39. The number of aromatic nitrogens is 1. The molecule has 174 valence electrons. The van der Waals surface area contributed by atoms with Gasteiger partial charge in [-0.05, 0) is 42.7 Å². The number of carbonyl (C=O) groups excluding carboxylic acids is 1. The SMILES string of the molecule is Cc1ccc(Cl)c2sc(N(CCCN3CCOCC3)C(=O)Cc3ccc4c(c3)OCO4)nc12. The summed E-state index contributed by atoms with van der Waals surface area (Å²) in [6, 6.07) is 9.50. The summed E-state index contributed by atoms with van der Waals surface area (Å²) in [7, 11) is 0. The third kappa shape index (κ3) is 4.94. The van der Waals surface area contributed by atoms with Crippen molar-refractivity contribution in [3.05, 3.63) is 46.5 Å². The molecule has 0 saturated carbocycles. The van der Waals surface area contributed by atoms with E-state index in [1.54, 1.807) is 0 Å². The third-order valence-corrected chi connectivity index (χ3v) is 7.51. The second-order valence-corrected chi connectivity index (χ2v) is 9.64. The molecule has 5 rings (SSSR count). The first-order chi connectivity index (χ1) is 16.1. The second-order valence-electron chi connectivity index (χ2n) is 8.26. The van der Waals surface area contributed by atoms with Crippen molar-refractivity contribution in [2.45, 2.75) is 19.8 Å². The van der Waals surface area contributed by atoms with Gasteiger partial charge in [-0.15, -0.1) is 0 Å². The largest absolute Gasteiger partial charge is 0.454 e. The summed E-state index contributed by atoms with van der Waals surface area (Å²) in [5.41, 5.74) is 2.79. The molecule has 1 saturated heterocycles. The van der Waals surface area contributed by atoms with Crippen molar-refractivity contribution in [2.24, 2.45) is 0 Å². The van der Waals surface area contributed by atoms with Crippen molar-refractivity contribution in [1.29, 1.82) is 0 Å². The predicted octanol–water partition coefficient (Wildman–Crippen LogP) is 4.28. The van der Waals surface area contributed by atoms with Crippen LogP contribution in [0.1, 0.15) is 17.5 Å².